The third kappa shape index (κ3) is 2.71. The summed E-state index contributed by atoms with van der Waals surface area (Å²) < 4.78 is 0. The van der Waals surface area contributed by atoms with Crippen LogP contribution in [0.1, 0.15) is 10.4 Å². The van der Waals surface area contributed by atoms with Crippen LogP contribution in [0.5, 0.6) is 0 Å². The third-order valence-electron chi connectivity index (χ3n) is 2.62. The van der Waals surface area contributed by atoms with Gasteiger partial charge in [0.1, 0.15) is 0 Å². The highest BCUT2D eigenvalue weighted by molar-refractivity contribution is 8.13. The number of nitrogens with zero attached hydrogens (tertiary/aromatic N) is 3. The van der Waals surface area contributed by atoms with E-state index in [0.717, 1.165) is 0 Å². The fourth-order valence-electron chi connectivity index (χ4n) is 1.73. The molecule has 0 N–H and O–H groups in total. The molecule has 100 valence electrons. The first kappa shape index (κ1) is 13.8. The van der Waals surface area contributed by atoms with Crippen LogP contribution in [0.3, 0.4) is 0 Å². The van der Waals surface area contributed by atoms with Gasteiger partial charge in [-0.1, -0.05) is 23.4 Å². The Morgan fingerprint density at radius 1 is 1.58 bits per heavy atom. The summed E-state index contributed by atoms with van der Waals surface area (Å²) in [6.45, 7) is 1.00. The summed E-state index contributed by atoms with van der Waals surface area (Å²) in [6.07, 6.45) is 1.82. The lowest BCUT2D eigenvalue weighted by Gasteiger charge is -2.17. The molecule has 0 spiro atoms. The molecule has 0 saturated heterocycles. The SMILES string of the molecule is CSC1=NCCN1C(=O)c1cc([N+](=O)[O-])ccc1Cl. The molecule has 0 saturated carbocycles. The van der Waals surface area contributed by atoms with Crippen LogP contribution in [0.4, 0.5) is 5.69 Å². The van der Waals surface area contributed by atoms with Gasteiger partial charge >= 0.3 is 0 Å². The minimum absolute atomic E-state index is 0.125. The Morgan fingerprint density at radius 3 is 2.95 bits per heavy atom. The maximum atomic E-state index is 12.3. The second-order valence-corrected chi connectivity index (χ2v) is 4.93. The number of hydrogen-bond donors (Lipinski definition) is 0. The van der Waals surface area contributed by atoms with Gasteiger partial charge in [0.2, 0.25) is 0 Å². The largest absolute Gasteiger partial charge is 0.286 e. The first-order valence-electron chi connectivity index (χ1n) is 5.39. The Bertz CT molecular complexity index is 576. The fraction of sp³-hybridized carbons (Fsp3) is 0.273. The Kier molecular flexibility index (Phi) is 4.06. The molecule has 0 atom stereocenters. The summed E-state index contributed by atoms with van der Waals surface area (Å²) in [5, 5.41) is 11.5. The van der Waals surface area contributed by atoms with Gasteiger partial charge in [-0.15, -0.1) is 0 Å². The second-order valence-electron chi connectivity index (χ2n) is 3.75. The zero-order valence-electron chi connectivity index (χ0n) is 10.00. The van der Waals surface area contributed by atoms with Crippen molar-refractivity contribution in [2.45, 2.75) is 0 Å². The lowest BCUT2D eigenvalue weighted by Crippen LogP contribution is -2.32. The van der Waals surface area contributed by atoms with Crippen LogP contribution in [0.15, 0.2) is 23.2 Å². The number of hydrogen-bond acceptors (Lipinski definition) is 5. The molecule has 1 aliphatic rings. The van der Waals surface area contributed by atoms with Gasteiger partial charge in [-0.3, -0.25) is 24.8 Å². The van der Waals surface area contributed by atoms with E-state index in [2.05, 4.69) is 4.99 Å². The predicted molar refractivity (Wildman–Crippen MR) is 75.0 cm³/mol. The standard InChI is InChI=1S/C11H10ClN3O3S/c1-19-11-13-4-5-14(11)10(16)8-6-7(15(17)18)2-3-9(8)12/h2-3,6H,4-5H2,1H3. The molecule has 2 rings (SSSR count). The van der Waals surface area contributed by atoms with Gasteiger partial charge in [-0.05, 0) is 12.3 Å². The van der Waals surface area contributed by atoms with E-state index in [9.17, 15) is 14.9 Å². The van der Waals surface area contributed by atoms with Crippen LogP contribution in [0.2, 0.25) is 5.02 Å². The van der Waals surface area contributed by atoms with Crippen LogP contribution >= 0.6 is 23.4 Å². The minimum Gasteiger partial charge on any atom is -0.286 e. The first-order valence-corrected chi connectivity index (χ1v) is 6.99. The lowest BCUT2D eigenvalue weighted by atomic mass is 10.2. The number of amides is 1. The van der Waals surface area contributed by atoms with Crippen molar-refractivity contribution in [2.24, 2.45) is 4.99 Å². The number of nitro benzene ring substituents is 1. The van der Waals surface area contributed by atoms with Crippen molar-refractivity contribution in [1.82, 2.24) is 4.90 Å². The summed E-state index contributed by atoms with van der Waals surface area (Å²) >= 11 is 7.31. The smallest absolute Gasteiger partial charge is 0.270 e. The number of rotatable bonds is 2. The highest BCUT2D eigenvalue weighted by atomic mass is 35.5. The molecular formula is C11H10ClN3O3S. The number of thioether (sulfide) groups is 1. The molecule has 0 unspecified atom stereocenters. The van der Waals surface area contributed by atoms with Crippen molar-refractivity contribution in [3.8, 4) is 0 Å². The van der Waals surface area contributed by atoms with Gasteiger partial charge in [0.15, 0.2) is 5.17 Å². The average Bonchev–Trinajstić information content (AvgIpc) is 2.86. The van der Waals surface area contributed by atoms with Crippen LogP contribution in [-0.2, 0) is 0 Å². The number of nitro groups is 1. The van der Waals surface area contributed by atoms with Crippen molar-refractivity contribution in [3.05, 3.63) is 38.9 Å². The molecule has 8 heteroatoms. The molecule has 1 aromatic rings. The second kappa shape index (κ2) is 5.58. The molecule has 0 fully saturated rings. The third-order valence-corrected chi connectivity index (χ3v) is 3.66. The Labute approximate surface area is 118 Å². The molecule has 1 amide bonds. The van der Waals surface area contributed by atoms with Crippen LogP contribution in [-0.4, -0.2) is 40.2 Å². The van der Waals surface area contributed by atoms with Crippen LogP contribution in [0.25, 0.3) is 0 Å². The summed E-state index contributed by atoms with van der Waals surface area (Å²) in [4.78, 5) is 28.2. The number of benzene rings is 1. The van der Waals surface area contributed by atoms with Crippen molar-refractivity contribution in [1.29, 1.82) is 0 Å². The Balaban J connectivity index is 2.36. The monoisotopic (exact) mass is 299 g/mol. The average molecular weight is 300 g/mol. The summed E-state index contributed by atoms with van der Waals surface area (Å²) in [5.41, 5.74) is -0.0332. The molecule has 0 bridgehead atoms. The number of aliphatic imine (C=N–C) groups is 1. The minimum atomic E-state index is -0.555. The Morgan fingerprint density at radius 2 is 2.32 bits per heavy atom. The van der Waals surface area contributed by atoms with Gasteiger partial charge in [0.25, 0.3) is 11.6 Å². The van der Waals surface area contributed by atoms with Crippen molar-refractivity contribution in [3.63, 3.8) is 0 Å². The fourth-order valence-corrected chi connectivity index (χ4v) is 2.54. The van der Waals surface area contributed by atoms with Crippen molar-refractivity contribution in [2.75, 3.05) is 19.3 Å². The molecule has 1 aromatic carbocycles. The van der Waals surface area contributed by atoms with E-state index in [1.165, 1.54) is 34.9 Å². The van der Waals surface area contributed by atoms with E-state index in [4.69, 9.17) is 11.6 Å². The molecular weight excluding hydrogens is 290 g/mol. The molecule has 0 aliphatic carbocycles. The van der Waals surface area contributed by atoms with Crippen LogP contribution < -0.4 is 0 Å². The van der Waals surface area contributed by atoms with Gasteiger partial charge in [-0.2, -0.15) is 0 Å². The molecule has 19 heavy (non-hydrogen) atoms. The first-order chi connectivity index (χ1) is 9.04. The molecule has 1 aliphatic heterocycles. The van der Waals surface area contributed by atoms with Gasteiger partial charge in [-0.25, -0.2) is 0 Å². The molecule has 1 heterocycles. The van der Waals surface area contributed by atoms with E-state index < -0.39 is 4.92 Å². The van der Waals surface area contributed by atoms with Gasteiger partial charge in [0.05, 0.1) is 22.1 Å². The number of amidine groups is 1. The van der Waals surface area contributed by atoms with Crippen molar-refractivity contribution >= 4 is 40.1 Å². The Hall–Kier alpha value is -1.60. The van der Waals surface area contributed by atoms with Crippen LogP contribution in [0, 0.1) is 10.1 Å². The highest BCUT2D eigenvalue weighted by Gasteiger charge is 2.27. The van der Waals surface area contributed by atoms with Gasteiger partial charge < -0.3 is 0 Å². The van der Waals surface area contributed by atoms with E-state index in [1.807, 2.05) is 6.26 Å². The lowest BCUT2D eigenvalue weighted by molar-refractivity contribution is -0.384. The highest BCUT2D eigenvalue weighted by Crippen LogP contribution is 2.25. The predicted octanol–water partition coefficient (Wildman–Crippen LogP) is 2.42. The quantitative estimate of drug-likeness (QED) is 0.621. The van der Waals surface area contributed by atoms with Gasteiger partial charge in [0, 0.05) is 18.7 Å². The zero-order chi connectivity index (χ0) is 14.0. The van der Waals surface area contributed by atoms with E-state index in [0.29, 0.717) is 18.3 Å². The zero-order valence-corrected chi connectivity index (χ0v) is 11.6. The summed E-state index contributed by atoms with van der Waals surface area (Å²) in [6, 6.07) is 3.83. The molecule has 0 radical (unpaired) electrons. The van der Waals surface area contributed by atoms with E-state index >= 15 is 0 Å². The van der Waals surface area contributed by atoms with Crippen molar-refractivity contribution < 1.29 is 9.72 Å². The number of carbonyl (C=O) groups excluding carboxylic acids is 1. The maximum Gasteiger partial charge on any atom is 0.270 e. The molecule has 6 nitrogen and oxygen atoms in total. The summed E-state index contributed by atoms with van der Waals surface area (Å²) in [7, 11) is 0. The number of non-ortho nitro benzene ring substituents is 1. The topological polar surface area (TPSA) is 75.8 Å². The summed E-state index contributed by atoms with van der Waals surface area (Å²) in [5.74, 6) is -0.362. The van der Waals surface area contributed by atoms with E-state index in [-0.39, 0.29) is 22.2 Å². The van der Waals surface area contributed by atoms with E-state index in [1.54, 1.807) is 0 Å². The number of halogens is 1. The number of carbonyl (C=O) groups is 1. The normalized spacial score (nSPS) is 14.4. The maximum absolute atomic E-state index is 12.3. The molecule has 0 aromatic heterocycles.